The van der Waals surface area contributed by atoms with E-state index in [2.05, 4.69) is 38.7 Å². The Bertz CT molecular complexity index is 844. The average molecular weight is 599 g/mol. The van der Waals surface area contributed by atoms with Crippen molar-refractivity contribution in [2.75, 3.05) is 18.1 Å². The number of azo groups is 1. The lowest BCUT2D eigenvalue weighted by atomic mass is 10.1. The Morgan fingerprint density at radius 2 is 0.878 bits per heavy atom. The number of rotatable bonds is 28. The van der Waals surface area contributed by atoms with Gasteiger partial charge >= 0.3 is 0 Å². The van der Waals surface area contributed by atoms with Crippen LogP contribution < -0.4 is 4.74 Å². The van der Waals surface area contributed by atoms with Gasteiger partial charge in [0.1, 0.15) is 5.75 Å². The Morgan fingerprint density at radius 1 is 0.463 bits per heavy atom. The van der Waals surface area contributed by atoms with Crippen LogP contribution in [0, 0.1) is 0 Å². The number of ether oxygens (including phenoxy) is 1. The highest BCUT2D eigenvalue weighted by Gasteiger charge is 1.98. The standard InChI is InChI=1S/C36H58N2OS2/c1-2-3-4-5-6-7-11-14-17-23-32-40-41-33-24-18-15-12-9-8-10-13-16-22-31-39-36-29-27-35(28-30-36)38-37-34-25-20-19-21-26-34/h19-21,25-30H,2-18,22-24,31-33H2,1H3. The van der Waals surface area contributed by atoms with Crippen LogP contribution in [-0.2, 0) is 0 Å². The highest BCUT2D eigenvalue weighted by Crippen LogP contribution is 2.25. The molecule has 0 atom stereocenters. The smallest absolute Gasteiger partial charge is 0.119 e. The minimum Gasteiger partial charge on any atom is -0.494 e. The third-order valence-electron chi connectivity index (χ3n) is 7.43. The zero-order valence-electron chi connectivity index (χ0n) is 26.1. The number of nitrogens with zero attached hydrogens (tertiary/aromatic N) is 2. The molecule has 0 amide bonds. The predicted molar refractivity (Wildman–Crippen MR) is 185 cm³/mol. The molecule has 41 heavy (non-hydrogen) atoms. The van der Waals surface area contributed by atoms with E-state index >= 15 is 0 Å². The molecular weight excluding hydrogens is 541 g/mol. The predicted octanol–water partition coefficient (Wildman–Crippen LogP) is 13.7. The van der Waals surface area contributed by atoms with Crippen molar-refractivity contribution in [1.29, 1.82) is 0 Å². The van der Waals surface area contributed by atoms with Gasteiger partial charge in [-0.05, 0) is 55.7 Å². The molecule has 0 aliphatic heterocycles. The van der Waals surface area contributed by atoms with E-state index < -0.39 is 0 Å². The summed E-state index contributed by atoms with van der Waals surface area (Å²) in [6.45, 7) is 3.09. The Morgan fingerprint density at radius 3 is 1.37 bits per heavy atom. The van der Waals surface area contributed by atoms with Crippen molar-refractivity contribution in [1.82, 2.24) is 0 Å². The Balaban J connectivity index is 1.26. The summed E-state index contributed by atoms with van der Waals surface area (Å²) in [7, 11) is 4.23. The van der Waals surface area contributed by atoms with Gasteiger partial charge in [-0.3, -0.25) is 0 Å². The van der Waals surface area contributed by atoms with Gasteiger partial charge in [0, 0.05) is 11.5 Å². The lowest BCUT2D eigenvalue weighted by Crippen LogP contribution is -1.96. The quantitative estimate of drug-likeness (QED) is 0.0555. The van der Waals surface area contributed by atoms with E-state index in [1.54, 1.807) is 0 Å². The van der Waals surface area contributed by atoms with Gasteiger partial charge in [0.15, 0.2) is 0 Å². The van der Waals surface area contributed by atoms with Gasteiger partial charge in [-0.25, -0.2) is 0 Å². The van der Waals surface area contributed by atoms with Gasteiger partial charge in [-0.1, -0.05) is 156 Å². The van der Waals surface area contributed by atoms with Crippen molar-refractivity contribution < 1.29 is 4.74 Å². The zero-order chi connectivity index (χ0) is 28.9. The molecule has 0 aliphatic carbocycles. The summed E-state index contributed by atoms with van der Waals surface area (Å²) in [6, 6.07) is 17.7. The lowest BCUT2D eigenvalue weighted by molar-refractivity contribution is 0.304. The van der Waals surface area contributed by atoms with E-state index in [0.717, 1.165) is 30.2 Å². The lowest BCUT2D eigenvalue weighted by Gasteiger charge is -2.06. The van der Waals surface area contributed by atoms with E-state index in [4.69, 9.17) is 4.74 Å². The highest BCUT2D eigenvalue weighted by molar-refractivity contribution is 8.76. The van der Waals surface area contributed by atoms with E-state index in [-0.39, 0.29) is 0 Å². The molecule has 0 heterocycles. The van der Waals surface area contributed by atoms with Crippen LogP contribution in [0.3, 0.4) is 0 Å². The minimum atomic E-state index is 0.792. The van der Waals surface area contributed by atoms with Crippen molar-refractivity contribution in [2.45, 2.75) is 135 Å². The number of unbranched alkanes of at least 4 members (excludes halogenated alkanes) is 18. The molecule has 0 spiro atoms. The molecule has 0 aliphatic rings. The molecule has 0 bridgehead atoms. The molecule has 3 nitrogen and oxygen atoms in total. The molecule has 0 unspecified atom stereocenters. The first-order valence-corrected chi connectivity index (χ1v) is 19.3. The van der Waals surface area contributed by atoms with E-state index in [1.165, 1.54) is 134 Å². The maximum absolute atomic E-state index is 5.90. The normalized spacial score (nSPS) is 11.4. The van der Waals surface area contributed by atoms with Crippen LogP contribution in [0.25, 0.3) is 0 Å². The molecule has 5 heteroatoms. The zero-order valence-corrected chi connectivity index (χ0v) is 27.7. The molecule has 0 fully saturated rings. The van der Waals surface area contributed by atoms with E-state index in [1.807, 2.05) is 54.6 Å². The van der Waals surface area contributed by atoms with E-state index in [0.29, 0.717) is 0 Å². The second kappa shape index (κ2) is 27.4. The molecule has 2 aromatic carbocycles. The van der Waals surface area contributed by atoms with Crippen molar-refractivity contribution in [3.63, 3.8) is 0 Å². The third-order valence-corrected chi connectivity index (χ3v) is 10.0. The number of hydrogen-bond donors (Lipinski definition) is 0. The average Bonchev–Trinajstić information content (AvgIpc) is 3.01. The molecule has 0 saturated carbocycles. The molecule has 0 saturated heterocycles. The molecule has 2 aromatic rings. The van der Waals surface area contributed by atoms with Crippen LogP contribution in [0.2, 0.25) is 0 Å². The van der Waals surface area contributed by atoms with Crippen molar-refractivity contribution in [3.05, 3.63) is 54.6 Å². The second-order valence-corrected chi connectivity index (χ2v) is 13.9. The van der Waals surface area contributed by atoms with Crippen molar-refractivity contribution in [2.24, 2.45) is 10.2 Å². The van der Waals surface area contributed by atoms with Gasteiger partial charge in [0.25, 0.3) is 0 Å². The largest absolute Gasteiger partial charge is 0.494 e. The number of hydrogen-bond acceptors (Lipinski definition) is 5. The summed E-state index contributed by atoms with van der Waals surface area (Å²) in [6.07, 6.45) is 27.9. The molecule has 230 valence electrons. The number of benzene rings is 2. The Hall–Kier alpha value is -1.46. The first-order valence-electron chi connectivity index (χ1n) is 16.8. The summed E-state index contributed by atoms with van der Waals surface area (Å²) in [5.41, 5.74) is 1.70. The third kappa shape index (κ3) is 21.8. The Kier molecular flexibility index (Phi) is 23.9. The fraction of sp³-hybridized carbons (Fsp3) is 0.667. The molecule has 0 N–H and O–H groups in total. The van der Waals surface area contributed by atoms with Crippen LogP contribution >= 0.6 is 21.6 Å². The van der Waals surface area contributed by atoms with Gasteiger partial charge < -0.3 is 4.74 Å². The fourth-order valence-corrected chi connectivity index (χ4v) is 7.15. The highest BCUT2D eigenvalue weighted by atomic mass is 33.1. The van der Waals surface area contributed by atoms with Crippen LogP contribution in [0.4, 0.5) is 11.4 Å². The van der Waals surface area contributed by atoms with Crippen LogP contribution in [0.15, 0.2) is 64.8 Å². The van der Waals surface area contributed by atoms with Crippen LogP contribution in [-0.4, -0.2) is 18.1 Å². The van der Waals surface area contributed by atoms with Gasteiger partial charge in [0.05, 0.1) is 18.0 Å². The maximum atomic E-state index is 5.90. The summed E-state index contributed by atoms with van der Waals surface area (Å²) in [5, 5.41) is 8.54. The summed E-state index contributed by atoms with van der Waals surface area (Å²) >= 11 is 0. The summed E-state index contributed by atoms with van der Waals surface area (Å²) < 4.78 is 5.90. The molecular formula is C36H58N2OS2. The minimum absolute atomic E-state index is 0.792. The van der Waals surface area contributed by atoms with Crippen molar-refractivity contribution >= 4 is 33.0 Å². The van der Waals surface area contributed by atoms with Gasteiger partial charge in [-0.2, -0.15) is 10.2 Å². The monoisotopic (exact) mass is 598 g/mol. The SMILES string of the molecule is CCCCCCCCCCCCSSCCCCCCCCCCCCOc1ccc(N=Nc2ccccc2)cc1. The summed E-state index contributed by atoms with van der Waals surface area (Å²) in [5.74, 6) is 3.60. The van der Waals surface area contributed by atoms with Gasteiger partial charge in [-0.15, -0.1) is 0 Å². The first kappa shape index (κ1) is 35.7. The van der Waals surface area contributed by atoms with E-state index in [9.17, 15) is 0 Å². The fourth-order valence-electron chi connectivity index (χ4n) is 4.85. The second-order valence-electron chi connectivity index (χ2n) is 11.2. The van der Waals surface area contributed by atoms with Gasteiger partial charge in [0.2, 0.25) is 0 Å². The molecule has 0 radical (unpaired) electrons. The van der Waals surface area contributed by atoms with Crippen LogP contribution in [0.1, 0.15) is 135 Å². The summed E-state index contributed by atoms with van der Waals surface area (Å²) in [4.78, 5) is 0. The molecule has 0 aromatic heterocycles. The molecule has 2 rings (SSSR count). The maximum Gasteiger partial charge on any atom is 0.119 e. The van der Waals surface area contributed by atoms with Crippen molar-refractivity contribution in [3.8, 4) is 5.75 Å². The Labute approximate surface area is 260 Å². The first-order chi connectivity index (χ1) is 20.4. The van der Waals surface area contributed by atoms with Crippen LogP contribution in [0.5, 0.6) is 5.75 Å². The topological polar surface area (TPSA) is 34.0 Å².